The molecule has 0 saturated heterocycles. The third kappa shape index (κ3) is 4.14. The van der Waals surface area contributed by atoms with Gasteiger partial charge in [-0.1, -0.05) is 22.4 Å². The average molecular weight is 415 g/mol. The number of anilines is 1. The molecule has 0 spiro atoms. The van der Waals surface area contributed by atoms with Gasteiger partial charge in [-0.15, -0.1) is 0 Å². The first-order valence-electron chi connectivity index (χ1n) is 9.15. The van der Waals surface area contributed by atoms with Gasteiger partial charge in [-0.2, -0.15) is 0 Å². The number of hydrogen-bond donors (Lipinski definition) is 0. The van der Waals surface area contributed by atoms with Gasteiger partial charge < -0.3 is 13.9 Å². The molecule has 0 N–H and O–H groups in total. The Labute approximate surface area is 171 Å². The van der Waals surface area contributed by atoms with Crippen molar-refractivity contribution < 1.29 is 18.9 Å². The van der Waals surface area contributed by atoms with Gasteiger partial charge in [0.1, 0.15) is 0 Å². The van der Waals surface area contributed by atoms with Gasteiger partial charge in [0.25, 0.3) is 0 Å². The molecule has 11 heteroatoms. The van der Waals surface area contributed by atoms with Crippen LogP contribution in [0.2, 0.25) is 0 Å². The molecule has 11 nitrogen and oxygen atoms in total. The number of hydrogen-bond acceptors (Lipinski definition) is 9. The summed E-state index contributed by atoms with van der Waals surface area (Å²) in [5, 5.41) is 30.3. The molecule has 0 amide bonds. The Hall–Kier alpha value is -3.76. The maximum absolute atomic E-state index is 11.4. The minimum atomic E-state index is -0.533. The van der Waals surface area contributed by atoms with Crippen LogP contribution in [0.4, 0.5) is 17.1 Å². The minimum absolute atomic E-state index is 0.109. The van der Waals surface area contributed by atoms with E-state index in [1.54, 1.807) is 0 Å². The fourth-order valence-corrected chi connectivity index (χ4v) is 3.36. The van der Waals surface area contributed by atoms with E-state index in [1.165, 1.54) is 13.8 Å². The van der Waals surface area contributed by atoms with E-state index in [0.29, 0.717) is 0 Å². The summed E-state index contributed by atoms with van der Waals surface area (Å²) in [5.41, 5.74) is 1.78. The van der Waals surface area contributed by atoms with Crippen LogP contribution in [0.1, 0.15) is 34.4 Å². The molecule has 3 rings (SSSR count). The zero-order chi connectivity index (χ0) is 22.0. The Morgan fingerprint density at radius 2 is 1.33 bits per heavy atom. The number of nitro groups is 2. The maximum atomic E-state index is 11.4. The van der Waals surface area contributed by atoms with E-state index in [1.807, 2.05) is 43.3 Å². The van der Waals surface area contributed by atoms with E-state index in [9.17, 15) is 20.2 Å². The van der Waals surface area contributed by atoms with Crippen LogP contribution < -0.4 is 4.90 Å². The largest absolute Gasteiger partial charge is 0.378 e. The van der Waals surface area contributed by atoms with Crippen molar-refractivity contribution in [2.75, 3.05) is 19.0 Å². The van der Waals surface area contributed by atoms with Crippen LogP contribution in [0.25, 0.3) is 0 Å². The summed E-state index contributed by atoms with van der Waals surface area (Å²) in [6.07, 6.45) is 0.241. The van der Waals surface area contributed by atoms with E-state index < -0.39 is 15.8 Å². The van der Waals surface area contributed by atoms with Gasteiger partial charge in [-0.25, -0.2) is 0 Å². The van der Waals surface area contributed by atoms with Gasteiger partial charge >= 0.3 is 11.4 Å². The van der Waals surface area contributed by atoms with Crippen LogP contribution in [-0.2, 0) is 12.8 Å². The zero-order valence-corrected chi connectivity index (χ0v) is 17.0. The number of aryl methyl sites for hydroxylation is 2. The van der Waals surface area contributed by atoms with E-state index in [0.717, 1.165) is 11.3 Å². The number of aromatic nitrogens is 2. The Morgan fingerprint density at radius 1 is 0.900 bits per heavy atom. The molecule has 0 aliphatic rings. The lowest BCUT2D eigenvalue weighted by molar-refractivity contribution is -0.386. The monoisotopic (exact) mass is 415 g/mol. The van der Waals surface area contributed by atoms with E-state index in [2.05, 4.69) is 10.3 Å². The van der Waals surface area contributed by atoms with Crippen molar-refractivity contribution in [3.05, 3.63) is 73.0 Å². The molecule has 0 atom stereocenters. The molecule has 0 unspecified atom stereocenters. The highest BCUT2D eigenvalue weighted by Crippen LogP contribution is 2.34. The van der Waals surface area contributed by atoms with Crippen molar-refractivity contribution in [2.24, 2.45) is 0 Å². The van der Waals surface area contributed by atoms with Crippen LogP contribution in [-0.4, -0.2) is 34.3 Å². The number of benzene rings is 1. The Kier molecular flexibility index (Phi) is 5.81. The average Bonchev–Trinajstić information content (AvgIpc) is 3.23. The molecule has 0 radical (unpaired) electrons. The highest BCUT2D eigenvalue weighted by molar-refractivity contribution is 5.48. The lowest BCUT2D eigenvalue weighted by Crippen LogP contribution is -2.11. The molecule has 0 fully saturated rings. The fraction of sp³-hybridized carbons (Fsp3) is 0.368. The van der Waals surface area contributed by atoms with Crippen molar-refractivity contribution in [2.45, 2.75) is 32.6 Å². The molecule has 30 heavy (non-hydrogen) atoms. The summed E-state index contributed by atoms with van der Waals surface area (Å²) in [6, 6.07) is 7.57. The standard InChI is InChI=1S/C19H21N5O6/c1-11-18(23(25)26)16(29-20-11)9-14(13-5-7-15(8-6-13)22(3)4)10-17-19(24(27)28)12(2)21-30-17/h5-8,14H,9-10H2,1-4H3. The second-order valence-electron chi connectivity index (χ2n) is 7.18. The highest BCUT2D eigenvalue weighted by Gasteiger charge is 2.31. The topological polar surface area (TPSA) is 142 Å². The molecule has 0 saturated carbocycles. The molecule has 0 aliphatic carbocycles. The SMILES string of the molecule is Cc1noc(CC(Cc2onc(C)c2[N+](=O)[O-])c2ccc(N(C)C)cc2)c1[N+](=O)[O-]. The smallest absolute Gasteiger partial charge is 0.334 e. The third-order valence-electron chi connectivity index (χ3n) is 4.91. The quantitative estimate of drug-likeness (QED) is 0.397. The molecule has 1 aromatic carbocycles. The van der Waals surface area contributed by atoms with E-state index in [-0.39, 0.29) is 47.1 Å². The first kappa shape index (κ1) is 21.0. The Balaban J connectivity index is 2.01. The minimum Gasteiger partial charge on any atom is -0.378 e. The van der Waals surface area contributed by atoms with Crippen LogP contribution in [0, 0.1) is 34.1 Å². The molecule has 2 aromatic heterocycles. The normalized spacial score (nSPS) is 11.1. The van der Waals surface area contributed by atoms with Crippen molar-refractivity contribution in [1.82, 2.24) is 10.3 Å². The summed E-state index contributed by atoms with van der Waals surface area (Å²) in [5.74, 6) is -0.172. The van der Waals surface area contributed by atoms with Crippen molar-refractivity contribution in [1.29, 1.82) is 0 Å². The summed E-state index contributed by atoms with van der Waals surface area (Å²) in [6.45, 7) is 2.99. The van der Waals surface area contributed by atoms with E-state index >= 15 is 0 Å². The van der Waals surface area contributed by atoms with Crippen LogP contribution in [0.5, 0.6) is 0 Å². The number of nitrogens with zero attached hydrogens (tertiary/aromatic N) is 5. The first-order valence-corrected chi connectivity index (χ1v) is 9.15. The predicted molar refractivity (Wildman–Crippen MR) is 107 cm³/mol. The first-order chi connectivity index (χ1) is 14.2. The highest BCUT2D eigenvalue weighted by atomic mass is 16.6. The molecule has 0 bridgehead atoms. The van der Waals surface area contributed by atoms with Gasteiger partial charge in [0.2, 0.25) is 11.5 Å². The third-order valence-corrected chi connectivity index (χ3v) is 4.91. The second-order valence-corrected chi connectivity index (χ2v) is 7.18. The zero-order valence-electron chi connectivity index (χ0n) is 17.0. The van der Waals surface area contributed by atoms with Gasteiger partial charge in [0.15, 0.2) is 11.4 Å². The van der Waals surface area contributed by atoms with Crippen LogP contribution in [0.15, 0.2) is 33.3 Å². The Bertz CT molecular complexity index is 1010. The van der Waals surface area contributed by atoms with Gasteiger partial charge in [-0.3, -0.25) is 20.2 Å². The summed E-state index contributed by atoms with van der Waals surface area (Å²) >= 11 is 0. The lowest BCUT2D eigenvalue weighted by atomic mass is 9.89. The molecule has 0 aliphatic heterocycles. The molecule has 2 heterocycles. The fourth-order valence-electron chi connectivity index (χ4n) is 3.36. The van der Waals surface area contributed by atoms with Gasteiger partial charge in [0.05, 0.1) is 9.85 Å². The van der Waals surface area contributed by atoms with Crippen molar-refractivity contribution in [3.63, 3.8) is 0 Å². The summed E-state index contributed by atoms with van der Waals surface area (Å²) < 4.78 is 10.4. The predicted octanol–water partition coefficient (Wildman–Crippen LogP) is 3.73. The van der Waals surface area contributed by atoms with E-state index in [4.69, 9.17) is 9.05 Å². The summed E-state index contributed by atoms with van der Waals surface area (Å²) in [4.78, 5) is 23.7. The second kappa shape index (κ2) is 8.31. The summed E-state index contributed by atoms with van der Waals surface area (Å²) in [7, 11) is 3.82. The maximum Gasteiger partial charge on any atom is 0.334 e. The lowest BCUT2D eigenvalue weighted by Gasteiger charge is -2.17. The van der Waals surface area contributed by atoms with Gasteiger partial charge in [-0.05, 0) is 37.5 Å². The molecular formula is C19H21N5O6. The molecular weight excluding hydrogens is 394 g/mol. The van der Waals surface area contributed by atoms with Gasteiger partial charge in [0, 0.05) is 32.6 Å². The van der Waals surface area contributed by atoms with Crippen LogP contribution >= 0.6 is 0 Å². The van der Waals surface area contributed by atoms with Crippen molar-refractivity contribution in [3.8, 4) is 0 Å². The molecule has 3 aromatic rings. The van der Waals surface area contributed by atoms with Crippen LogP contribution in [0.3, 0.4) is 0 Å². The van der Waals surface area contributed by atoms with Crippen molar-refractivity contribution >= 4 is 17.1 Å². The Morgan fingerprint density at radius 3 is 1.70 bits per heavy atom. The number of rotatable bonds is 8. The molecule has 158 valence electrons.